The second-order valence-electron chi connectivity index (χ2n) is 5.28. The van der Waals surface area contributed by atoms with Gasteiger partial charge in [0.2, 0.25) is 5.91 Å². The third-order valence-corrected chi connectivity index (χ3v) is 3.91. The van der Waals surface area contributed by atoms with E-state index >= 15 is 0 Å². The summed E-state index contributed by atoms with van der Waals surface area (Å²) in [5.74, 6) is 0.801. The standard InChI is InChI=1S/C19H21BrN2O2/c1-2-24-18-12-8-15(9-13-18)4-3-5-19(23)22-21-14-16-6-10-17(20)11-7-16/h6-14H,2-5H2,1H3,(H,22,23). The number of benzene rings is 2. The van der Waals surface area contributed by atoms with Gasteiger partial charge in [0.1, 0.15) is 5.75 Å². The van der Waals surface area contributed by atoms with Gasteiger partial charge in [-0.15, -0.1) is 0 Å². The van der Waals surface area contributed by atoms with Crippen LogP contribution in [-0.4, -0.2) is 18.7 Å². The first-order valence-electron chi connectivity index (χ1n) is 7.96. The van der Waals surface area contributed by atoms with E-state index in [1.165, 1.54) is 5.56 Å². The molecule has 4 nitrogen and oxygen atoms in total. The Labute approximate surface area is 151 Å². The predicted molar refractivity (Wildman–Crippen MR) is 100 cm³/mol. The Morgan fingerprint density at radius 2 is 1.88 bits per heavy atom. The number of nitrogens with zero attached hydrogens (tertiary/aromatic N) is 1. The minimum atomic E-state index is -0.0747. The Morgan fingerprint density at radius 3 is 2.54 bits per heavy atom. The number of nitrogens with one attached hydrogen (secondary N) is 1. The average Bonchev–Trinajstić information content (AvgIpc) is 2.58. The highest BCUT2D eigenvalue weighted by Crippen LogP contribution is 2.13. The SMILES string of the molecule is CCOc1ccc(CCCC(=O)NN=Cc2ccc(Br)cc2)cc1. The normalized spacial score (nSPS) is 10.8. The molecule has 0 atom stereocenters. The van der Waals surface area contributed by atoms with Crippen molar-refractivity contribution >= 4 is 28.1 Å². The quantitative estimate of drug-likeness (QED) is 0.540. The fourth-order valence-corrected chi connectivity index (χ4v) is 2.42. The second kappa shape index (κ2) is 9.88. The van der Waals surface area contributed by atoms with Gasteiger partial charge in [0.05, 0.1) is 12.8 Å². The molecule has 0 spiro atoms. The van der Waals surface area contributed by atoms with Gasteiger partial charge in [0.15, 0.2) is 0 Å². The van der Waals surface area contributed by atoms with Crippen molar-refractivity contribution in [2.45, 2.75) is 26.2 Å². The zero-order chi connectivity index (χ0) is 17.2. The van der Waals surface area contributed by atoms with E-state index in [0.29, 0.717) is 13.0 Å². The lowest BCUT2D eigenvalue weighted by atomic mass is 10.1. The van der Waals surface area contributed by atoms with E-state index in [2.05, 4.69) is 26.5 Å². The van der Waals surface area contributed by atoms with E-state index in [-0.39, 0.29) is 5.91 Å². The fourth-order valence-electron chi connectivity index (χ4n) is 2.16. The predicted octanol–water partition coefficient (Wildman–Crippen LogP) is 4.32. The number of hydrazone groups is 1. The summed E-state index contributed by atoms with van der Waals surface area (Å²) in [5.41, 5.74) is 4.69. The molecule has 0 aliphatic heterocycles. The van der Waals surface area contributed by atoms with E-state index in [0.717, 1.165) is 28.6 Å². The molecule has 5 heteroatoms. The number of hydrogen-bond donors (Lipinski definition) is 1. The fraction of sp³-hybridized carbons (Fsp3) is 0.263. The summed E-state index contributed by atoms with van der Waals surface area (Å²) < 4.78 is 6.42. The molecular weight excluding hydrogens is 368 g/mol. The van der Waals surface area contributed by atoms with Gasteiger partial charge in [-0.2, -0.15) is 5.10 Å². The molecule has 1 amide bonds. The Morgan fingerprint density at radius 1 is 1.17 bits per heavy atom. The molecule has 1 N–H and O–H groups in total. The van der Waals surface area contributed by atoms with E-state index < -0.39 is 0 Å². The molecule has 0 aliphatic rings. The maximum Gasteiger partial charge on any atom is 0.240 e. The summed E-state index contributed by atoms with van der Waals surface area (Å²) >= 11 is 3.37. The van der Waals surface area contributed by atoms with Crippen molar-refractivity contribution in [1.82, 2.24) is 5.43 Å². The molecule has 0 heterocycles. The van der Waals surface area contributed by atoms with Gasteiger partial charge in [-0.25, -0.2) is 5.43 Å². The summed E-state index contributed by atoms with van der Waals surface area (Å²) in [5, 5.41) is 3.97. The monoisotopic (exact) mass is 388 g/mol. The van der Waals surface area contributed by atoms with Crippen LogP contribution in [0.4, 0.5) is 0 Å². The summed E-state index contributed by atoms with van der Waals surface area (Å²) in [4.78, 5) is 11.8. The number of halogens is 1. The average molecular weight is 389 g/mol. The first-order valence-corrected chi connectivity index (χ1v) is 8.76. The molecule has 0 bridgehead atoms. The van der Waals surface area contributed by atoms with Crippen molar-refractivity contribution in [2.75, 3.05) is 6.61 Å². The van der Waals surface area contributed by atoms with Crippen molar-refractivity contribution in [2.24, 2.45) is 5.10 Å². The van der Waals surface area contributed by atoms with Crippen LogP contribution in [0.3, 0.4) is 0 Å². The third-order valence-electron chi connectivity index (χ3n) is 3.38. The molecule has 24 heavy (non-hydrogen) atoms. The maximum atomic E-state index is 11.8. The summed E-state index contributed by atoms with van der Waals surface area (Å²) in [6.45, 7) is 2.63. The van der Waals surface area contributed by atoms with Crippen LogP contribution in [0, 0.1) is 0 Å². The summed E-state index contributed by atoms with van der Waals surface area (Å²) in [6, 6.07) is 15.7. The van der Waals surface area contributed by atoms with Gasteiger partial charge >= 0.3 is 0 Å². The third kappa shape index (κ3) is 6.54. The van der Waals surface area contributed by atoms with Gasteiger partial charge in [0.25, 0.3) is 0 Å². The van der Waals surface area contributed by atoms with E-state index in [1.807, 2.05) is 55.5 Å². The zero-order valence-corrected chi connectivity index (χ0v) is 15.3. The number of hydrogen-bond acceptors (Lipinski definition) is 3. The Balaban J connectivity index is 1.68. The molecule has 0 saturated carbocycles. The molecule has 2 aromatic carbocycles. The van der Waals surface area contributed by atoms with Crippen LogP contribution < -0.4 is 10.2 Å². The molecule has 0 unspecified atom stereocenters. The van der Waals surface area contributed by atoms with Crippen LogP contribution >= 0.6 is 15.9 Å². The van der Waals surface area contributed by atoms with Crippen molar-refractivity contribution in [3.8, 4) is 5.75 Å². The zero-order valence-electron chi connectivity index (χ0n) is 13.7. The van der Waals surface area contributed by atoms with Gasteiger partial charge < -0.3 is 4.74 Å². The molecule has 2 aromatic rings. The lowest BCUT2D eigenvalue weighted by Gasteiger charge is -2.05. The van der Waals surface area contributed by atoms with E-state index in [9.17, 15) is 4.79 Å². The number of carbonyl (C=O) groups is 1. The number of ether oxygens (including phenoxy) is 1. The lowest BCUT2D eigenvalue weighted by Crippen LogP contribution is -2.17. The smallest absolute Gasteiger partial charge is 0.240 e. The van der Waals surface area contributed by atoms with Gasteiger partial charge in [0, 0.05) is 10.9 Å². The second-order valence-corrected chi connectivity index (χ2v) is 6.19. The number of rotatable bonds is 8. The minimum absolute atomic E-state index is 0.0747. The van der Waals surface area contributed by atoms with Crippen LogP contribution in [0.5, 0.6) is 5.75 Å². The highest BCUT2D eigenvalue weighted by molar-refractivity contribution is 9.10. The first-order chi connectivity index (χ1) is 11.7. The number of aryl methyl sites for hydroxylation is 1. The van der Waals surface area contributed by atoms with Gasteiger partial charge in [-0.05, 0) is 55.2 Å². The molecule has 0 radical (unpaired) electrons. The summed E-state index contributed by atoms with van der Waals surface area (Å²) in [7, 11) is 0. The molecule has 0 aromatic heterocycles. The largest absolute Gasteiger partial charge is 0.494 e. The maximum absolute atomic E-state index is 11.8. The number of amides is 1. The Hall–Kier alpha value is -2.14. The number of carbonyl (C=O) groups excluding carboxylic acids is 1. The van der Waals surface area contributed by atoms with Crippen molar-refractivity contribution in [3.05, 3.63) is 64.1 Å². The molecule has 0 fully saturated rings. The molecular formula is C19H21BrN2O2. The Kier molecular flexibility index (Phi) is 7.49. The molecule has 2 rings (SSSR count). The molecule has 0 aliphatic carbocycles. The van der Waals surface area contributed by atoms with Crippen LogP contribution in [-0.2, 0) is 11.2 Å². The minimum Gasteiger partial charge on any atom is -0.494 e. The van der Waals surface area contributed by atoms with E-state index in [4.69, 9.17) is 4.74 Å². The summed E-state index contributed by atoms with van der Waals surface area (Å²) in [6.07, 6.45) is 3.73. The van der Waals surface area contributed by atoms with E-state index in [1.54, 1.807) is 6.21 Å². The van der Waals surface area contributed by atoms with Crippen LogP contribution in [0.1, 0.15) is 30.9 Å². The lowest BCUT2D eigenvalue weighted by molar-refractivity contribution is -0.121. The first kappa shape index (κ1) is 18.2. The van der Waals surface area contributed by atoms with Gasteiger partial charge in [-0.1, -0.05) is 40.2 Å². The van der Waals surface area contributed by atoms with Crippen LogP contribution in [0.2, 0.25) is 0 Å². The molecule has 0 saturated heterocycles. The Bertz CT molecular complexity index is 667. The van der Waals surface area contributed by atoms with Crippen molar-refractivity contribution in [1.29, 1.82) is 0 Å². The molecule has 126 valence electrons. The highest BCUT2D eigenvalue weighted by atomic mass is 79.9. The van der Waals surface area contributed by atoms with Gasteiger partial charge in [-0.3, -0.25) is 4.79 Å². The van der Waals surface area contributed by atoms with Crippen molar-refractivity contribution in [3.63, 3.8) is 0 Å². The topological polar surface area (TPSA) is 50.7 Å². The highest BCUT2D eigenvalue weighted by Gasteiger charge is 2.01. The van der Waals surface area contributed by atoms with Crippen LogP contribution in [0.25, 0.3) is 0 Å². The van der Waals surface area contributed by atoms with Crippen molar-refractivity contribution < 1.29 is 9.53 Å². The van der Waals surface area contributed by atoms with Crippen LogP contribution in [0.15, 0.2) is 58.1 Å².